The molecule has 0 radical (unpaired) electrons. The van der Waals surface area contributed by atoms with Crippen molar-refractivity contribution in [3.8, 4) is 0 Å². The summed E-state index contributed by atoms with van der Waals surface area (Å²) >= 11 is 3.65. The van der Waals surface area contributed by atoms with Crippen LogP contribution in [0.5, 0.6) is 0 Å². The maximum absolute atomic E-state index is 12.6. The van der Waals surface area contributed by atoms with Gasteiger partial charge in [-0.05, 0) is 68.8 Å². The van der Waals surface area contributed by atoms with Gasteiger partial charge in [0.25, 0.3) is 5.91 Å². The summed E-state index contributed by atoms with van der Waals surface area (Å²) in [6.45, 7) is 5.26. The minimum Gasteiger partial charge on any atom is -0.350 e. The third-order valence-electron chi connectivity index (χ3n) is 5.57. The molecule has 1 atom stereocenters. The summed E-state index contributed by atoms with van der Waals surface area (Å²) in [4.78, 5) is 18.9. The molecular weight excluding hydrogens is 336 g/mol. The topological polar surface area (TPSA) is 32.3 Å². The van der Waals surface area contributed by atoms with Gasteiger partial charge in [0.05, 0.1) is 4.91 Å². The lowest BCUT2D eigenvalue weighted by Gasteiger charge is -2.23. The highest BCUT2D eigenvalue weighted by molar-refractivity contribution is 8.03. The van der Waals surface area contributed by atoms with Crippen LogP contribution in [0.3, 0.4) is 0 Å². The average molecular weight is 363 g/mol. The van der Waals surface area contributed by atoms with Crippen LogP contribution < -0.4 is 5.32 Å². The van der Waals surface area contributed by atoms with Crippen LogP contribution in [-0.2, 0) is 23.4 Å². The minimum absolute atomic E-state index is 0.125. The first-order chi connectivity index (χ1) is 11.8. The highest BCUT2D eigenvalue weighted by atomic mass is 32.2. The molecule has 1 aromatic rings. The van der Waals surface area contributed by atoms with Crippen LogP contribution in [0.15, 0.2) is 4.91 Å². The van der Waals surface area contributed by atoms with Crippen molar-refractivity contribution in [2.45, 2.75) is 57.2 Å². The van der Waals surface area contributed by atoms with Crippen molar-refractivity contribution in [1.29, 1.82) is 0 Å². The Morgan fingerprint density at radius 1 is 1.29 bits per heavy atom. The number of nitrogens with zero attached hydrogens (tertiary/aromatic N) is 1. The number of carbonyl (C=O) groups is 1. The predicted molar refractivity (Wildman–Crippen MR) is 104 cm³/mol. The second kappa shape index (κ2) is 7.22. The number of thiophene rings is 1. The maximum atomic E-state index is 12.6. The van der Waals surface area contributed by atoms with Gasteiger partial charge in [-0.25, -0.2) is 0 Å². The third kappa shape index (κ3) is 3.18. The Bertz CT molecular complexity index is 665. The molecule has 5 heteroatoms. The summed E-state index contributed by atoms with van der Waals surface area (Å²) in [5.74, 6) is 1.10. The first-order valence-electron chi connectivity index (χ1n) is 9.26. The van der Waals surface area contributed by atoms with E-state index in [-0.39, 0.29) is 5.91 Å². The first-order valence-corrected chi connectivity index (χ1v) is 11.1. The molecule has 4 rings (SSSR count). The summed E-state index contributed by atoms with van der Waals surface area (Å²) in [6, 6.07) is 0.526. The van der Waals surface area contributed by atoms with Crippen LogP contribution in [0.1, 0.15) is 53.5 Å². The fraction of sp³-hybridized carbons (Fsp3) is 0.632. The number of likely N-dealkylation sites (N-methyl/N-ethyl adjacent to an activating group) is 1. The van der Waals surface area contributed by atoms with Crippen LogP contribution in [0.4, 0.5) is 0 Å². The van der Waals surface area contributed by atoms with Crippen molar-refractivity contribution in [3.63, 3.8) is 0 Å². The fourth-order valence-electron chi connectivity index (χ4n) is 4.21. The van der Waals surface area contributed by atoms with E-state index < -0.39 is 0 Å². The number of rotatable bonds is 4. The molecule has 0 saturated carbocycles. The zero-order valence-electron chi connectivity index (χ0n) is 14.4. The Hall–Kier alpha value is -0.780. The van der Waals surface area contributed by atoms with Gasteiger partial charge in [-0.3, -0.25) is 9.69 Å². The molecule has 0 unspecified atom stereocenters. The monoisotopic (exact) mass is 362 g/mol. The zero-order chi connectivity index (χ0) is 16.5. The Morgan fingerprint density at radius 3 is 3.04 bits per heavy atom. The molecule has 24 heavy (non-hydrogen) atoms. The van der Waals surface area contributed by atoms with Gasteiger partial charge in [-0.15, -0.1) is 23.1 Å². The van der Waals surface area contributed by atoms with E-state index in [1.807, 2.05) is 11.3 Å². The number of carbonyl (C=O) groups excluding carboxylic acids is 1. The van der Waals surface area contributed by atoms with Crippen molar-refractivity contribution in [3.05, 3.63) is 25.8 Å². The lowest BCUT2D eigenvalue weighted by Crippen LogP contribution is -2.40. The van der Waals surface area contributed by atoms with E-state index in [1.165, 1.54) is 55.5 Å². The molecule has 0 spiro atoms. The Morgan fingerprint density at radius 2 is 2.17 bits per heavy atom. The van der Waals surface area contributed by atoms with Gasteiger partial charge >= 0.3 is 0 Å². The quantitative estimate of drug-likeness (QED) is 0.884. The molecule has 1 saturated heterocycles. The van der Waals surface area contributed by atoms with Crippen LogP contribution >= 0.6 is 23.1 Å². The molecule has 1 aromatic heterocycles. The number of hydrogen-bond donors (Lipinski definition) is 1. The molecule has 3 aliphatic rings. The highest BCUT2D eigenvalue weighted by Gasteiger charge is 2.27. The highest BCUT2D eigenvalue weighted by Crippen LogP contribution is 2.42. The minimum atomic E-state index is 0.125. The number of nitrogens with one attached hydrogen (secondary N) is 1. The van der Waals surface area contributed by atoms with Crippen LogP contribution in [-0.4, -0.2) is 36.5 Å². The van der Waals surface area contributed by atoms with E-state index in [2.05, 4.69) is 23.2 Å². The van der Waals surface area contributed by atoms with Gasteiger partial charge in [0.15, 0.2) is 0 Å². The number of hydrogen-bond acceptors (Lipinski definition) is 4. The number of aryl methyl sites for hydroxylation is 1. The molecular formula is C19H26N2OS2. The van der Waals surface area contributed by atoms with E-state index in [0.717, 1.165) is 23.7 Å². The summed E-state index contributed by atoms with van der Waals surface area (Å²) in [6.07, 6.45) is 9.75. The van der Waals surface area contributed by atoms with Crippen LogP contribution in [0.2, 0.25) is 0 Å². The Kier molecular flexibility index (Phi) is 5.02. The van der Waals surface area contributed by atoms with Gasteiger partial charge in [-0.1, -0.05) is 6.92 Å². The Labute approximate surface area is 152 Å². The largest absolute Gasteiger partial charge is 0.350 e. The van der Waals surface area contributed by atoms with Crippen molar-refractivity contribution in [2.75, 3.05) is 19.6 Å². The van der Waals surface area contributed by atoms with Crippen LogP contribution in [0.25, 0.3) is 6.08 Å². The SMILES string of the molecule is CCN1CCC[C@@H]1CNC(=O)C1=Cc2sc3c(c2CS1)CCCC3. The standard InChI is InChI=1S/C19H26N2OS2/c1-2-21-9-5-6-13(21)11-20-19(22)18-10-17-15(12-23-18)14-7-3-4-8-16(14)24-17/h10,13H,2-9,11-12H2,1H3,(H,20,22)/t13-/m1/s1. The lowest BCUT2D eigenvalue weighted by molar-refractivity contribution is -0.116. The van der Waals surface area contributed by atoms with Crippen LogP contribution in [0, 0.1) is 0 Å². The van der Waals surface area contributed by atoms with E-state index in [1.54, 1.807) is 22.2 Å². The maximum Gasteiger partial charge on any atom is 0.257 e. The molecule has 1 aliphatic carbocycles. The van der Waals surface area contributed by atoms with E-state index in [9.17, 15) is 4.79 Å². The molecule has 1 amide bonds. The number of fused-ring (bicyclic) bond motifs is 3. The van der Waals surface area contributed by atoms with E-state index >= 15 is 0 Å². The Balaban J connectivity index is 1.43. The molecule has 0 aromatic carbocycles. The van der Waals surface area contributed by atoms with Crippen molar-refractivity contribution >= 4 is 35.1 Å². The summed E-state index contributed by atoms with van der Waals surface area (Å²) in [5, 5.41) is 3.19. The van der Waals surface area contributed by atoms with Gasteiger partial charge < -0.3 is 5.32 Å². The van der Waals surface area contributed by atoms with Crippen molar-refractivity contribution < 1.29 is 4.79 Å². The molecule has 130 valence electrons. The van der Waals surface area contributed by atoms with Gasteiger partial charge in [-0.2, -0.15) is 0 Å². The van der Waals surface area contributed by atoms with Gasteiger partial charge in [0.1, 0.15) is 0 Å². The molecule has 3 nitrogen and oxygen atoms in total. The summed E-state index contributed by atoms with van der Waals surface area (Å²) in [5.41, 5.74) is 3.12. The third-order valence-corrected chi connectivity index (χ3v) is 7.90. The number of thioether (sulfide) groups is 1. The lowest BCUT2D eigenvalue weighted by atomic mass is 9.95. The fourth-order valence-corrected chi connectivity index (χ4v) is 6.76. The molecule has 0 bridgehead atoms. The first kappa shape index (κ1) is 16.7. The molecule has 1 fully saturated rings. The van der Waals surface area contributed by atoms with Crippen molar-refractivity contribution in [2.24, 2.45) is 0 Å². The smallest absolute Gasteiger partial charge is 0.257 e. The average Bonchev–Trinajstić information content (AvgIpc) is 3.22. The molecule has 1 N–H and O–H groups in total. The molecule has 3 heterocycles. The van der Waals surface area contributed by atoms with Gasteiger partial charge in [0.2, 0.25) is 0 Å². The normalized spacial score (nSPS) is 23.5. The second-order valence-corrected chi connectivity index (χ2v) is 9.14. The second-order valence-electron chi connectivity index (χ2n) is 6.99. The summed E-state index contributed by atoms with van der Waals surface area (Å²) in [7, 11) is 0. The van der Waals surface area contributed by atoms with E-state index in [0.29, 0.717) is 6.04 Å². The zero-order valence-corrected chi connectivity index (χ0v) is 16.0. The van der Waals surface area contributed by atoms with Gasteiger partial charge in [0, 0.05) is 28.1 Å². The van der Waals surface area contributed by atoms with Crippen molar-refractivity contribution in [1.82, 2.24) is 10.2 Å². The number of likely N-dealkylation sites (tertiary alicyclic amines) is 1. The molecule has 2 aliphatic heterocycles. The summed E-state index contributed by atoms with van der Waals surface area (Å²) < 4.78 is 0. The number of amides is 1. The van der Waals surface area contributed by atoms with E-state index in [4.69, 9.17) is 0 Å². The predicted octanol–water partition coefficient (Wildman–Crippen LogP) is 3.82.